The van der Waals surface area contributed by atoms with Crippen molar-refractivity contribution in [1.29, 1.82) is 0 Å². The van der Waals surface area contributed by atoms with Crippen LogP contribution in [-0.4, -0.2) is 43.6 Å². The Morgan fingerprint density at radius 3 is 2.59 bits per heavy atom. The number of aromatic nitrogens is 4. The first-order chi connectivity index (χ1) is 14.0. The van der Waals surface area contributed by atoms with E-state index in [2.05, 4.69) is 20.4 Å². The van der Waals surface area contributed by atoms with Gasteiger partial charge in [0.15, 0.2) is 0 Å². The highest BCUT2D eigenvalue weighted by molar-refractivity contribution is 5.92. The zero-order chi connectivity index (χ0) is 20.4. The standard InChI is InChI=1S/C21H23FN6O/c1-14-18(15(2)28(26-14)17-7-5-16(22)6-8-17)11-24-20-13-23-12-19(25-20)21(29)27-9-3-4-10-27/h5-8,12-13H,3-4,9-11H2,1-2H3,(H,24,25). The summed E-state index contributed by atoms with van der Waals surface area (Å²) in [4.78, 5) is 22.9. The minimum atomic E-state index is -0.279. The van der Waals surface area contributed by atoms with Crippen molar-refractivity contribution in [2.75, 3.05) is 18.4 Å². The molecule has 0 saturated carbocycles. The molecule has 1 aliphatic rings. The fourth-order valence-electron chi connectivity index (χ4n) is 3.58. The van der Waals surface area contributed by atoms with Crippen LogP contribution in [0.15, 0.2) is 36.7 Å². The zero-order valence-electron chi connectivity index (χ0n) is 16.5. The number of nitrogens with zero attached hydrogens (tertiary/aromatic N) is 5. The first kappa shape index (κ1) is 19.0. The highest BCUT2D eigenvalue weighted by Crippen LogP contribution is 2.20. The van der Waals surface area contributed by atoms with Gasteiger partial charge in [0, 0.05) is 30.9 Å². The Kier molecular flexibility index (Phi) is 5.24. The molecule has 4 rings (SSSR count). The van der Waals surface area contributed by atoms with Crippen LogP contribution in [0.25, 0.3) is 5.69 Å². The van der Waals surface area contributed by atoms with Gasteiger partial charge in [-0.05, 0) is 51.0 Å². The van der Waals surface area contributed by atoms with E-state index in [0.717, 1.165) is 48.6 Å². The average Bonchev–Trinajstić information content (AvgIpc) is 3.36. The van der Waals surface area contributed by atoms with Crippen molar-refractivity contribution in [2.45, 2.75) is 33.2 Å². The van der Waals surface area contributed by atoms with Gasteiger partial charge < -0.3 is 10.2 Å². The van der Waals surface area contributed by atoms with Gasteiger partial charge in [0.05, 0.1) is 23.8 Å². The first-order valence-corrected chi connectivity index (χ1v) is 9.69. The SMILES string of the molecule is Cc1nn(-c2ccc(F)cc2)c(C)c1CNc1cncc(C(=O)N2CCCC2)n1. The van der Waals surface area contributed by atoms with Crippen LogP contribution >= 0.6 is 0 Å². The third-order valence-corrected chi connectivity index (χ3v) is 5.21. The molecule has 1 amide bonds. The van der Waals surface area contributed by atoms with E-state index in [9.17, 15) is 9.18 Å². The van der Waals surface area contributed by atoms with Crippen molar-refractivity contribution in [3.8, 4) is 5.69 Å². The summed E-state index contributed by atoms with van der Waals surface area (Å²) in [6.07, 6.45) is 5.19. The van der Waals surface area contributed by atoms with Gasteiger partial charge in [0.1, 0.15) is 17.3 Å². The number of anilines is 1. The van der Waals surface area contributed by atoms with E-state index in [0.29, 0.717) is 18.1 Å². The zero-order valence-corrected chi connectivity index (χ0v) is 16.5. The lowest BCUT2D eigenvalue weighted by Crippen LogP contribution is -2.28. The number of aryl methyl sites for hydroxylation is 1. The normalized spacial score (nSPS) is 13.7. The summed E-state index contributed by atoms with van der Waals surface area (Å²) >= 11 is 0. The van der Waals surface area contributed by atoms with Crippen LogP contribution in [0.3, 0.4) is 0 Å². The van der Waals surface area contributed by atoms with Crippen LogP contribution in [0.5, 0.6) is 0 Å². The minimum Gasteiger partial charge on any atom is -0.365 e. The van der Waals surface area contributed by atoms with Gasteiger partial charge in [0.2, 0.25) is 0 Å². The molecule has 3 aromatic rings. The van der Waals surface area contributed by atoms with E-state index in [1.165, 1.54) is 18.3 Å². The molecular weight excluding hydrogens is 371 g/mol. The molecule has 0 bridgehead atoms. The molecule has 0 unspecified atom stereocenters. The summed E-state index contributed by atoms with van der Waals surface area (Å²) in [6.45, 7) is 5.95. The molecule has 0 radical (unpaired) electrons. The number of hydrogen-bond acceptors (Lipinski definition) is 5. The van der Waals surface area contributed by atoms with Gasteiger partial charge in [-0.3, -0.25) is 9.78 Å². The van der Waals surface area contributed by atoms with Gasteiger partial charge in [-0.2, -0.15) is 5.10 Å². The third kappa shape index (κ3) is 3.96. The fraction of sp³-hybridized carbons (Fsp3) is 0.333. The molecule has 3 heterocycles. The second-order valence-corrected chi connectivity index (χ2v) is 7.18. The molecule has 7 nitrogen and oxygen atoms in total. The van der Waals surface area contributed by atoms with E-state index in [1.54, 1.807) is 23.0 Å². The quantitative estimate of drug-likeness (QED) is 0.719. The number of rotatable bonds is 5. The molecule has 1 fully saturated rings. The van der Waals surface area contributed by atoms with Crippen LogP contribution in [0.4, 0.5) is 10.2 Å². The second-order valence-electron chi connectivity index (χ2n) is 7.18. The largest absolute Gasteiger partial charge is 0.365 e. The number of hydrogen-bond donors (Lipinski definition) is 1. The molecule has 0 aliphatic carbocycles. The van der Waals surface area contributed by atoms with E-state index in [4.69, 9.17) is 0 Å². The van der Waals surface area contributed by atoms with Crippen molar-refractivity contribution in [3.63, 3.8) is 0 Å². The number of likely N-dealkylation sites (tertiary alicyclic amines) is 1. The van der Waals surface area contributed by atoms with Crippen LogP contribution in [0.2, 0.25) is 0 Å². The molecule has 1 aliphatic heterocycles. The molecule has 1 saturated heterocycles. The van der Waals surface area contributed by atoms with Gasteiger partial charge >= 0.3 is 0 Å². The van der Waals surface area contributed by atoms with E-state index >= 15 is 0 Å². The lowest BCUT2D eigenvalue weighted by molar-refractivity contribution is 0.0786. The molecule has 1 N–H and O–H groups in total. The van der Waals surface area contributed by atoms with Crippen LogP contribution in [0.1, 0.15) is 40.3 Å². The Morgan fingerprint density at radius 1 is 1.14 bits per heavy atom. The Bertz CT molecular complexity index is 1020. The number of carbonyl (C=O) groups excluding carboxylic acids is 1. The number of benzene rings is 1. The van der Waals surface area contributed by atoms with E-state index < -0.39 is 0 Å². The Labute approximate surface area is 168 Å². The number of nitrogens with one attached hydrogen (secondary N) is 1. The summed E-state index contributed by atoms with van der Waals surface area (Å²) in [6, 6.07) is 6.24. The van der Waals surface area contributed by atoms with Crippen molar-refractivity contribution in [1.82, 2.24) is 24.6 Å². The first-order valence-electron chi connectivity index (χ1n) is 9.69. The molecule has 2 aromatic heterocycles. The number of amides is 1. The Morgan fingerprint density at radius 2 is 1.86 bits per heavy atom. The monoisotopic (exact) mass is 394 g/mol. The molecule has 1 aromatic carbocycles. The second kappa shape index (κ2) is 7.98. The maximum atomic E-state index is 13.2. The van der Waals surface area contributed by atoms with Crippen LogP contribution in [0, 0.1) is 19.7 Å². The predicted molar refractivity (Wildman–Crippen MR) is 107 cm³/mol. The predicted octanol–water partition coefficient (Wildman–Crippen LogP) is 3.27. The molecule has 0 atom stereocenters. The lowest BCUT2D eigenvalue weighted by atomic mass is 10.2. The van der Waals surface area contributed by atoms with Crippen molar-refractivity contribution < 1.29 is 9.18 Å². The fourth-order valence-corrected chi connectivity index (χ4v) is 3.58. The van der Waals surface area contributed by atoms with Crippen LogP contribution in [-0.2, 0) is 6.54 Å². The third-order valence-electron chi connectivity index (χ3n) is 5.21. The van der Waals surface area contributed by atoms with Crippen LogP contribution < -0.4 is 5.32 Å². The summed E-state index contributed by atoms with van der Waals surface area (Å²) in [5.41, 5.74) is 4.01. The smallest absolute Gasteiger partial charge is 0.274 e. The van der Waals surface area contributed by atoms with Crippen molar-refractivity contribution >= 4 is 11.7 Å². The van der Waals surface area contributed by atoms with Crippen molar-refractivity contribution in [3.05, 3.63) is 65.1 Å². The molecule has 8 heteroatoms. The summed E-state index contributed by atoms with van der Waals surface area (Å²) in [5, 5.41) is 7.82. The number of halogens is 1. The number of carbonyl (C=O) groups is 1. The van der Waals surface area contributed by atoms with Crippen molar-refractivity contribution in [2.24, 2.45) is 0 Å². The summed E-state index contributed by atoms with van der Waals surface area (Å²) < 4.78 is 15.0. The van der Waals surface area contributed by atoms with Gasteiger partial charge in [-0.1, -0.05) is 0 Å². The highest BCUT2D eigenvalue weighted by Gasteiger charge is 2.21. The minimum absolute atomic E-state index is 0.0739. The topological polar surface area (TPSA) is 75.9 Å². The van der Waals surface area contributed by atoms with Gasteiger partial charge in [-0.25, -0.2) is 14.1 Å². The highest BCUT2D eigenvalue weighted by atomic mass is 19.1. The molecular formula is C21H23FN6O. The molecule has 29 heavy (non-hydrogen) atoms. The maximum Gasteiger partial charge on any atom is 0.274 e. The Hall–Kier alpha value is -3.29. The summed E-state index contributed by atoms with van der Waals surface area (Å²) in [5.74, 6) is 0.192. The molecule has 150 valence electrons. The summed E-state index contributed by atoms with van der Waals surface area (Å²) in [7, 11) is 0. The average molecular weight is 394 g/mol. The maximum absolute atomic E-state index is 13.2. The molecule has 0 spiro atoms. The van der Waals surface area contributed by atoms with E-state index in [-0.39, 0.29) is 11.7 Å². The Balaban J connectivity index is 1.50. The van der Waals surface area contributed by atoms with Gasteiger partial charge in [0.25, 0.3) is 5.91 Å². The lowest BCUT2D eigenvalue weighted by Gasteiger charge is -2.14. The van der Waals surface area contributed by atoms with E-state index in [1.807, 2.05) is 18.7 Å². The van der Waals surface area contributed by atoms with Gasteiger partial charge in [-0.15, -0.1) is 0 Å².